The number of hydrogen-bond acceptors (Lipinski definition) is 5. The van der Waals surface area contributed by atoms with Gasteiger partial charge in [0.25, 0.3) is 5.91 Å². The molecule has 0 spiro atoms. The minimum atomic E-state index is -0.105. The van der Waals surface area contributed by atoms with E-state index in [0.29, 0.717) is 11.3 Å². The average Bonchev–Trinajstić information content (AvgIpc) is 2.75. The molecule has 2 rings (SSSR count). The van der Waals surface area contributed by atoms with Crippen molar-refractivity contribution in [2.75, 3.05) is 59.2 Å². The van der Waals surface area contributed by atoms with E-state index in [1.54, 1.807) is 13.2 Å². The number of anilines is 1. The van der Waals surface area contributed by atoms with Crippen molar-refractivity contribution in [3.05, 3.63) is 22.2 Å². The molecule has 24 heavy (non-hydrogen) atoms. The molecular formula is C17H27BrN4O2. The molecule has 0 aliphatic carbocycles. The van der Waals surface area contributed by atoms with Gasteiger partial charge in [-0.15, -0.1) is 0 Å². The smallest absolute Gasteiger partial charge is 0.255 e. The second kappa shape index (κ2) is 8.69. The van der Waals surface area contributed by atoms with Crippen LogP contribution in [0.1, 0.15) is 17.3 Å². The molecule has 1 saturated heterocycles. The maximum absolute atomic E-state index is 12.8. The minimum Gasteiger partial charge on any atom is -0.496 e. The Morgan fingerprint density at radius 1 is 1.38 bits per heavy atom. The van der Waals surface area contributed by atoms with Crippen LogP contribution in [0.3, 0.4) is 0 Å². The summed E-state index contributed by atoms with van der Waals surface area (Å²) in [5.41, 5.74) is 1.42. The molecule has 1 aromatic carbocycles. The number of halogens is 1. The van der Waals surface area contributed by atoms with Crippen molar-refractivity contribution in [2.45, 2.75) is 13.0 Å². The van der Waals surface area contributed by atoms with Crippen molar-refractivity contribution < 1.29 is 9.53 Å². The number of hydrogen-bond donors (Lipinski definition) is 2. The number of likely N-dealkylation sites (N-methyl/N-ethyl adjacent to an activating group) is 2. The molecule has 1 aromatic rings. The van der Waals surface area contributed by atoms with Gasteiger partial charge in [0.2, 0.25) is 0 Å². The molecule has 0 saturated carbocycles. The van der Waals surface area contributed by atoms with Crippen molar-refractivity contribution in [1.82, 2.24) is 15.1 Å². The molecule has 2 N–H and O–H groups in total. The summed E-state index contributed by atoms with van der Waals surface area (Å²) in [6.07, 6.45) is 0. The lowest BCUT2D eigenvalue weighted by Gasteiger charge is -2.24. The number of nitrogens with one attached hydrogen (secondary N) is 2. The van der Waals surface area contributed by atoms with E-state index in [-0.39, 0.29) is 11.9 Å². The van der Waals surface area contributed by atoms with Crippen molar-refractivity contribution in [1.29, 1.82) is 0 Å². The van der Waals surface area contributed by atoms with Crippen LogP contribution >= 0.6 is 15.9 Å². The van der Waals surface area contributed by atoms with E-state index in [2.05, 4.69) is 50.3 Å². The Balaban J connectivity index is 2.17. The molecule has 0 aromatic heterocycles. The third-order valence-electron chi connectivity index (χ3n) is 4.39. The van der Waals surface area contributed by atoms with Crippen LogP contribution in [0.25, 0.3) is 0 Å². The second-order valence-corrected chi connectivity index (χ2v) is 6.96. The molecular weight excluding hydrogens is 372 g/mol. The van der Waals surface area contributed by atoms with Crippen molar-refractivity contribution in [3.8, 4) is 5.75 Å². The van der Waals surface area contributed by atoms with Gasteiger partial charge >= 0.3 is 0 Å². The zero-order valence-corrected chi connectivity index (χ0v) is 16.4. The van der Waals surface area contributed by atoms with Gasteiger partial charge in [0.1, 0.15) is 5.75 Å². The molecule has 6 nitrogen and oxygen atoms in total. The van der Waals surface area contributed by atoms with Crippen LogP contribution in [0, 0.1) is 0 Å². The van der Waals surface area contributed by atoms with Crippen LogP contribution in [0.5, 0.6) is 5.75 Å². The zero-order valence-electron chi connectivity index (χ0n) is 14.9. The monoisotopic (exact) mass is 398 g/mol. The van der Waals surface area contributed by atoms with E-state index in [1.807, 2.05) is 13.1 Å². The summed E-state index contributed by atoms with van der Waals surface area (Å²) in [6.45, 7) is 6.91. The Kier molecular flexibility index (Phi) is 6.89. The lowest BCUT2D eigenvalue weighted by atomic mass is 10.1. The van der Waals surface area contributed by atoms with Crippen molar-refractivity contribution in [2.24, 2.45) is 0 Å². The Hall–Kier alpha value is -1.31. The third kappa shape index (κ3) is 4.62. The third-order valence-corrected chi connectivity index (χ3v) is 5.05. The first-order valence-electron chi connectivity index (χ1n) is 8.25. The number of methoxy groups -OCH3 is 1. The van der Waals surface area contributed by atoms with Crippen LogP contribution in [0.4, 0.5) is 5.69 Å². The van der Waals surface area contributed by atoms with Gasteiger partial charge in [-0.1, -0.05) is 6.92 Å². The number of carbonyl (C=O) groups excluding carboxylic acids is 1. The lowest BCUT2D eigenvalue weighted by molar-refractivity contribution is 0.0922. The molecule has 134 valence electrons. The molecule has 0 unspecified atom stereocenters. The van der Waals surface area contributed by atoms with E-state index in [1.165, 1.54) is 0 Å². The normalized spacial score (nSPS) is 19.6. The molecule has 0 radical (unpaired) electrons. The van der Waals surface area contributed by atoms with Crippen LogP contribution in [0.2, 0.25) is 0 Å². The summed E-state index contributed by atoms with van der Waals surface area (Å²) in [4.78, 5) is 17.4. The van der Waals surface area contributed by atoms with Gasteiger partial charge in [-0.3, -0.25) is 4.79 Å². The standard InChI is InChI=1S/C17H27BrN4O2/c1-5-22-7-6-21(3)10-12(11-22)20-17(23)13-8-14(18)15(19-2)9-16(13)24-4/h8-9,12,19H,5-7,10-11H2,1-4H3,(H,20,23)/t12-/m1/s1. The first-order valence-corrected chi connectivity index (χ1v) is 9.04. The summed E-state index contributed by atoms with van der Waals surface area (Å²) in [7, 11) is 5.51. The first-order chi connectivity index (χ1) is 11.5. The van der Waals surface area contributed by atoms with Gasteiger partial charge in [-0.25, -0.2) is 0 Å². The predicted octanol–water partition coefficient (Wildman–Crippen LogP) is 1.87. The van der Waals surface area contributed by atoms with Crippen LogP contribution in [0.15, 0.2) is 16.6 Å². The Labute approximate surface area is 152 Å². The number of benzene rings is 1. The second-order valence-electron chi connectivity index (χ2n) is 6.11. The largest absolute Gasteiger partial charge is 0.496 e. The van der Waals surface area contributed by atoms with Crippen molar-refractivity contribution in [3.63, 3.8) is 0 Å². The molecule has 7 heteroatoms. The fourth-order valence-electron chi connectivity index (χ4n) is 2.97. The lowest BCUT2D eigenvalue weighted by Crippen LogP contribution is -2.46. The summed E-state index contributed by atoms with van der Waals surface area (Å²) in [5.74, 6) is 0.459. The van der Waals surface area contributed by atoms with Crippen LogP contribution in [-0.2, 0) is 0 Å². The van der Waals surface area contributed by atoms with E-state index in [0.717, 1.165) is 42.9 Å². The number of ether oxygens (including phenoxy) is 1. The SMILES string of the molecule is CCN1CCN(C)C[C@@H](NC(=O)c2cc(Br)c(NC)cc2OC)C1. The summed E-state index contributed by atoms with van der Waals surface area (Å²) < 4.78 is 6.24. The van der Waals surface area contributed by atoms with Crippen molar-refractivity contribution >= 4 is 27.5 Å². The Bertz CT molecular complexity index is 582. The number of carbonyl (C=O) groups is 1. The first kappa shape index (κ1) is 19.0. The highest BCUT2D eigenvalue weighted by atomic mass is 79.9. The maximum atomic E-state index is 12.8. The van der Waals surface area contributed by atoms with E-state index < -0.39 is 0 Å². The molecule has 0 bridgehead atoms. The maximum Gasteiger partial charge on any atom is 0.255 e. The number of nitrogens with zero attached hydrogens (tertiary/aromatic N) is 2. The molecule has 1 atom stereocenters. The van der Waals surface area contributed by atoms with Gasteiger partial charge in [-0.05, 0) is 35.6 Å². The van der Waals surface area contributed by atoms with Crippen LogP contribution < -0.4 is 15.4 Å². The van der Waals surface area contributed by atoms with Gasteiger partial charge in [0.15, 0.2) is 0 Å². The Morgan fingerprint density at radius 2 is 2.12 bits per heavy atom. The highest BCUT2D eigenvalue weighted by molar-refractivity contribution is 9.10. The highest BCUT2D eigenvalue weighted by Gasteiger charge is 2.23. The molecule has 1 aliphatic heterocycles. The van der Waals surface area contributed by atoms with Gasteiger partial charge in [0, 0.05) is 43.8 Å². The average molecular weight is 399 g/mol. The van der Waals surface area contributed by atoms with E-state index in [9.17, 15) is 4.79 Å². The summed E-state index contributed by atoms with van der Waals surface area (Å²) in [6, 6.07) is 3.73. The van der Waals surface area contributed by atoms with Gasteiger partial charge in [-0.2, -0.15) is 0 Å². The van der Waals surface area contributed by atoms with Gasteiger partial charge < -0.3 is 25.2 Å². The molecule has 1 fully saturated rings. The summed E-state index contributed by atoms with van der Waals surface area (Å²) >= 11 is 3.49. The van der Waals surface area contributed by atoms with Crippen LogP contribution in [-0.4, -0.2) is 75.7 Å². The highest BCUT2D eigenvalue weighted by Crippen LogP contribution is 2.31. The molecule has 1 amide bonds. The van der Waals surface area contributed by atoms with Gasteiger partial charge in [0.05, 0.1) is 24.4 Å². The fraction of sp³-hybridized carbons (Fsp3) is 0.588. The van der Waals surface area contributed by atoms with E-state index >= 15 is 0 Å². The topological polar surface area (TPSA) is 56.8 Å². The summed E-state index contributed by atoms with van der Waals surface area (Å²) in [5, 5.41) is 6.24. The zero-order chi connectivity index (χ0) is 17.7. The fourth-order valence-corrected chi connectivity index (χ4v) is 3.51. The van der Waals surface area contributed by atoms with E-state index in [4.69, 9.17) is 4.74 Å². The molecule has 1 heterocycles. The molecule has 1 aliphatic rings. The minimum absolute atomic E-state index is 0.0948. The number of amides is 1. The predicted molar refractivity (Wildman–Crippen MR) is 101 cm³/mol. The Morgan fingerprint density at radius 3 is 2.75 bits per heavy atom. The number of rotatable bonds is 5. The quantitative estimate of drug-likeness (QED) is 0.792.